The van der Waals surface area contributed by atoms with Gasteiger partial charge in [-0.05, 0) is 0 Å². The van der Waals surface area contributed by atoms with Crippen LogP contribution in [-0.2, 0) is 0 Å². The summed E-state index contributed by atoms with van der Waals surface area (Å²) in [5.74, 6) is 0. The van der Waals surface area contributed by atoms with Gasteiger partial charge in [-0.15, -0.1) is 0 Å². The summed E-state index contributed by atoms with van der Waals surface area (Å²) in [7, 11) is 0.291. The zero-order valence-electron chi connectivity index (χ0n) is 22.5. The van der Waals surface area contributed by atoms with Crippen molar-refractivity contribution < 1.29 is 0 Å². The third kappa shape index (κ3) is 30.2. The molecule has 0 aromatic carbocycles. The van der Waals surface area contributed by atoms with Crippen LogP contribution in [0.3, 0.4) is 0 Å². The molecule has 0 saturated heterocycles. The molecule has 0 nitrogen and oxygen atoms in total. The van der Waals surface area contributed by atoms with Crippen LogP contribution in [-0.4, -0.2) is 9.52 Å². The van der Waals surface area contributed by atoms with Crippen molar-refractivity contribution in [3.63, 3.8) is 0 Å². The normalized spacial score (nSPS) is 11.4. The maximum Gasteiger partial charge on any atom is 0.0197 e. The molecule has 0 atom stereocenters. The minimum atomic E-state index is 0.291. The van der Waals surface area contributed by atoms with Crippen LogP contribution in [0.1, 0.15) is 181 Å². The number of unbranched alkanes of at least 4 members (excludes halogenated alkanes) is 24. The first-order valence-electron chi connectivity index (χ1n) is 15.4. The molecular weight excluding hydrogens is 388 g/mol. The smallest absolute Gasteiger partial charge is 0.0197 e. The second kappa shape index (κ2) is 30.2. The summed E-state index contributed by atoms with van der Waals surface area (Å²) in [5.41, 5.74) is 0. The summed E-state index contributed by atoms with van der Waals surface area (Å²) >= 11 is 0. The Balaban J connectivity index is 2.98. The third-order valence-corrected chi connectivity index (χ3v) is 9.21. The standard InChI is InChI=1S/C30H64Si/c1-3-5-7-9-11-13-15-17-19-21-23-25-27-29-31-30-28-26-24-22-20-18-16-14-12-10-8-6-4-2/h3-31H2,1-2H3. The quantitative estimate of drug-likeness (QED) is 0.0817. The molecule has 31 heavy (non-hydrogen) atoms. The van der Waals surface area contributed by atoms with Gasteiger partial charge in [-0.2, -0.15) is 0 Å². The van der Waals surface area contributed by atoms with Crippen LogP contribution in [0.15, 0.2) is 0 Å². The van der Waals surface area contributed by atoms with Crippen LogP contribution in [0, 0.1) is 0 Å². The van der Waals surface area contributed by atoms with Crippen LogP contribution in [0.4, 0.5) is 0 Å². The summed E-state index contributed by atoms with van der Waals surface area (Å²) in [6, 6.07) is 3.27. The van der Waals surface area contributed by atoms with Gasteiger partial charge in [0.25, 0.3) is 0 Å². The Morgan fingerprint density at radius 3 is 0.677 bits per heavy atom. The number of hydrogen-bond acceptors (Lipinski definition) is 0. The van der Waals surface area contributed by atoms with Crippen LogP contribution in [0.2, 0.25) is 12.1 Å². The second-order valence-electron chi connectivity index (χ2n) is 10.5. The van der Waals surface area contributed by atoms with E-state index in [2.05, 4.69) is 13.8 Å². The van der Waals surface area contributed by atoms with E-state index in [1.807, 2.05) is 0 Å². The minimum Gasteiger partial charge on any atom is -0.0654 e. The lowest BCUT2D eigenvalue weighted by atomic mass is 10.0. The van der Waals surface area contributed by atoms with Crippen molar-refractivity contribution in [1.82, 2.24) is 0 Å². The van der Waals surface area contributed by atoms with E-state index in [1.54, 1.807) is 24.9 Å². The molecule has 0 spiro atoms. The maximum atomic E-state index is 2.31. The van der Waals surface area contributed by atoms with Gasteiger partial charge >= 0.3 is 0 Å². The molecule has 0 radical (unpaired) electrons. The van der Waals surface area contributed by atoms with Gasteiger partial charge in [0, 0.05) is 9.52 Å². The van der Waals surface area contributed by atoms with Gasteiger partial charge in [-0.1, -0.05) is 193 Å². The van der Waals surface area contributed by atoms with Crippen molar-refractivity contribution in [2.24, 2.45) is 0 Å². The van der Waals surface area contributed by atoms with E-state index in [-0.39, 0.29) is 0 Å². The van der Waals surface area contributed by atoms with Gasteiger partial charge < -0.3 is 0 Å². The fourth-order valence-corrected chi connectivity index (χ4v) is 6.69. The van der Waals surface area contributed by atoms with Crippen molar-refractivity contribution in [2.75, 3.05) is 0 Å². The average molecular weight is 453 g/mol. The molecule has 0 heterocycles. The van der Waals surface area contributed by atoms with Gasteiger partial charge in [0.15, 0.2) is 0 Å². The Morgan fingerprint density at radius 1 is 0.258 bits per heavy atom. The lowest BCUT2D eigenvalue weighted by molar-refractivity contribution is 0.541. The van der Waals surface area contributed by atoms with E-state index >= 15 is 0 Å². The molecule has 0 fully saturated rings. The zero-order chi connectivity index (χ0) is 22.5. The predicted octanol–water partition coefficient (Wildman–Crippen LogP) is 11.2. The molecule has 0 aliphatic rings. The minimum absolute atomic E-state index is 0.291. The highest BCUT2D eigenvalue weighted by Gasteiger charge is 1.96. The summed E-state index contributed by atoms with van der Waals surface area (Å²) in [6.07, 6.45) is 38.8. The van der Waals surface area contributed by atoms with Crippen molar-refractivity contribution in [3.05, 3.63) is 0 Å². The van der Waals surface area contributed by atoms with Crippen molar-refractivity contribution in [1.29, 1.82) is 0 Å². The molecule has 0 N–H and O–H groups in total. The fourth-order valence-electron chi connectivity index (χ4n) is 4.92. The first kappa shape index (κ1) is 31.2. The highest BCUT2D eigenvalue weighted by Crippen LogP contribution is 2.15. The first-order valence-corrected chi connectivity index (χ1v) is 17.4. The second-order valence-corrected chi connectivity index (χ2v) is 12.7. The van der Waals surface area contributed by atoms with Gasteiger partial charge in [0.05, 0.1) is 0 Å². The van der Waals surface area contributed by atoms with Gasteiger partial charge in [0.2, 0.25) is 0 Å². The van der Waals surface area contributed by atoms with Gasteiger partial charge in [-0.3, -0.25) is 0 Å². The first-order chi connectivity index (χ1) is 15.4. The summed E-state index contributed by atoms with van der Waals surface area (Å²) in [6.45, 7) is 4.62. The highest BCUT2D eigenvalue weighted by molar-refractivity contribution is 6.35. The molecule has 0 aromatic rings. The predicted molar refractivity (Wildman–Crippen MR) is 150 cm³/mol. The topological polar surface area (TPSA) is 0 Å². The zero-order valence-corrected chi connectivity index (χ0v) is 23.9. The molecule has 0 saturated carbocycles. The SMILES string of the molecule is CCCCCCCCCCCCCCC[SiH2]CCCCCCCCCCCCCCC. The van der Waals surface area contributed by atoms with Crippen LogP contribution in [0.25, 0.3) is 0 Å². The molecule has 0 rings (SSSR count). The van der Waals surface area contributed by atoms with E-state index in [1.165, 1.54) is 154 Å². The van der Waals surface area contributed by atoms with E-state index in [0.717, 1.165) is 0 Å². The Bertz CT molecular complexity index is 260. The van der Waals surface area contributed by atoms with Crippen LogP contribution in [0.5, 0.6) is 0 Å². The lowest BCUT2D eigenvalue weighted by Crippen LogP contribution is -1.90. The molecule has 0 aliphatic heterocycles. The number of hydrogen-bond donors (Lipinski definition) is 0. The van der Waals surface area contributed by atoms with Crippen molar-refractivity contribution in [3.8, 4) is 0 Å². The summed E-state index contributed by atoms with van der Waals surface area (Å²) in [5, 5.41) is 0. The molecule has 0 bridgehead atoms. The van der Waals surface area contributed by atoms with Gasteiger partial charge in [0.1, 0.15) is 0 Å². The third-order valence-electron chi connectivity index (χ3n) is 7.21. The Labute approximate surface area is 202 Å². The fraction of sp³-hybridized carbons (Fsp3) is 1.00. The molecule has 0 unspecified atom stereocenters. The summed E-state index contributed by atoms with van der Waals surface area (Å²) in [4.78, 5) is 0. The van der Waals surface area contributed by atoms with Crippen molar-refractivity contribution in [2.45, 2.75) is 193 Å². The molecule has 0 amide bonds. The molecule has 0 aromatic heterocycles. The Morgan fingerprint density at radius 2 is 0.452 bits per heavy atom. The number of rotatable bonds is 28. The highest BCUT2D eigenvalue weighted by atomic mass is 28.2. The monoisotopic (exact) mass is 452 g/mol. The van der Waals surface area contributed by atoms with Crippen molar-refractivity contribution >= 4 is 9.52 Å². The molecule has 188 valence electrons. The maximum absolute atomic E-state index is 2.31. The van der Waals surface area contributed by atoms with E-state index in [0.29, 0.717) is 9.52 Å². The summed E-state index contributed by atoms with van der Waals surface area (Å²) < 4.78 is 0. The Hall–Kier alpha value is 0.217. The van der Waals surface area contributed by atoms with E-state index in [9.17, 15) is 0 Å². The lowest BCUT2D eigenvalue weighted by Gasteiger charge is -2.04. The average Bonchev–Trinajstić information content (AvgIpc) is 2.78. The van der Waals surface area contributed by atoms with E-state index < -0.39 is 0 Å². The largest absolute Gasteiger partial charge is 0.0654 e. The Kier molecular flexibility index (Phi) is 30.4. The van der Waals surface area contributed by atoms with Gasteiger partial charge in [-0.25, -0.2) is 0 Å². The van der Waals surface area contributed by atoms with Crippen LogP contribution < -0.4 is 0 Å². The molecule has 1 heteroatoms. The van der Waals surface area contributed by atoms with E-state index in [4.69, 9.17) is 0 Å². The van der Waals surface area contributed by atoms with Crippen LogP contribution >= 0.6 is 0 Å². The molecule has 0 aliphatic carbocycles. The molecular formula is C30H64Si.